The van der Waals surface area contributed by atoms with Crippen molar-refractivity contribution < 1.29 is 10.3 Å². The summed E-state index contributed by atoms with van der Waals surface area (Å²) in [6.45, 7) is -2.56. The van der Waals surface area contributed by atoms with E-state index in [1.807, 2.05) is 12.1 Å². The highest BCUT2D eigenvalue weighted by Gasteiger charge is 2.22. The molecule has 1 aliphatic carbocycles. The third kappa shape index (κ3) is 1.06. The molecule has 1 atom stereocenters. The molecule has 0 aliphatic heterocycles. The van der Waals surface area contributed by atoms with Crippen LogP contribution in [0, 0.1) is 5.89 Å². The molecule has 0 N–H and O–H groups in total. The van der Waals surface area contributed by atoms with Crippen molar-refractivity contribution in [1.29, 1.82) is 0 Å². The first-order valence-corrected chi connectivity index (χ1v) is 3.99. The van der Waals surface area contributed by atoms with Gasteiger partial charge in [0.1, 0.15) is 0 Å². The lowest BCUT2D eigenvalue weighted by Gasteiger charge is -2.19. The van der Waals surface area contributed by atoms with Crippen molar-refractivity contribution in [2.75, 3.05) is 0 Å². The monoisotopic (exact) mass is 165 g/mol. The molecule has 12 heavy (non-hydrogen) atoms. The SMILES string of the molecule is [2H]C1([13C]([2H])([2H])[2H])CCc2ccccc2C1=O. The number of ketones is 1. The highest BCUT2D eigenvalue weighted by molar-refractivity contribution is 5.99. The largest absolute Gasteiger partial charge is 0.294 e. The van der Waals surface area contributed by atoms with Crippen LogP contribution in [0.4, 0.5) is 0 Å². The summed E-state index contributed by atoms with van der Waals surface area (Å²) in [5, 5.41) is 0. The van der Waals surface area contributed by atoms with Crippen LogP contribution in [-0.2, 0) is 6.42 Å². The van der Waals surface area contributed by atoms with Gasteiger partial charge in [-0.3, -0.25) is 4.79 Å². The average Bonchev–Trinajstić information content (AvgIpc) is 2.22. The molecule has 1 aromatic rings. The molecule has 1 aromatic carbocycles. The Morgan fingerprint density at radius 1 is 1.58 bits per heavy atom. The molecule has 0 amide bonds. The summed E-state index contributed by atoms with van der Waals surface area (Å²) in [7, 11) is 0. The minimum Gasteiger partial charge on any atom is -0.294 e. The molecule has 0 saturated heterocycles. The molecule has 1 heteroatoms. The second kappa shape index (κ2) is 2.74. The molecule has 1 aliphatic rings. The van der Waals surface area contributed by atoms with Gasteiger partial charge in [-0.1, -0.05) is 31.1 Å². The molecule has 0 aromatic heterocycles. The number of rotatable bonds is 0. The molecule has 1 unspecified atom stereocenters. The molecule has 0 bridgehead atoms. The number of hydrogen-bond acceptors (Lipinski definition) is 1. The lowest BCUT2D eigenvalue weighted by molar-refractivity contribution is 0.0913. The van der Waals surface area contributed by atoms with E-state index < -0.39 is 18.5 Å². The number of hydrogen-bond donors (Lipinski definition) is 0. The van der Waals surface area contributed by atoms with Crippen LogP contribution in [0.3, 0.4) is 0 Å². The van der Waals surface area contributed by atoms with E-state index in [-0.39, 0.29) is 6.42 Å². The maximum atomic E-state index is 12.0. The third-order valence-electron chi connectivity index (χ3n) is 2.18. The predicted molar refractivity (Wildman–Crippen MR) is 48.3 cm³/mol. The van der Waals surface area contributed by atoms with Crippen LogP contribution in [0.25, 0.3) is 0 Å². The van der Waals surface area contributed by atoms with Crippen molar-refractivity contribution in [3.8, 4) is 0 Å². The van der Waals surface area contributed by atoms with Gasteiger partial charge in [-0.2, -0.15) is 0 Å². The average molecular weight is 165 g/mol. The van der Waals surface area contributed by atoms with E-state index in [4.69, 9.17) is 5.48 Å². The first-order valence-electron chi connectivity index (χ1n) is 5.99. The van der Waals surface area contributed by atoms with Crippen molar-refractivity contribution >= 4 is 5.78 Å². The van der Waals surface area contributed by atoms with Gasteiger partial charge in [0.2, 0.25) is 0 Å². The Hall–Kier alpha value is -1.11. The number of benzene rings is 1. The van der Waals surface area contributed by atoms with Crippen LogP contribution in [0.15, 0.2) is 24.3 Å². The van der Waals surface area contributed by atoms with E-state index >= 15 is 0 Å². The number of Topliss-reactive ketones (excluding diaryl/α,β-unsaturated/α-hetero) is 1. The van der Waals surface area contributed by atoms with Gasteiger partial charge in [0.25, 0.3) is 0 Å². The van der Waals surface area contributed by atoms with Gasteiger partial charge in [0.15, 0.2) is 5.78 Å². The maximum Gasteiger partial charge on any atom is 0.165 e. The van der Waals surface area contributed by atoms with Gasteiger partial charge in [-0.15, -0.1) is 0 Å². The fraction of sp³-hybridized carbons (Fsp3) is 0.364. The lowest BCUT2D eigenvalue weighted by atomic mass is 9.86. The molecular formula is C11H12O. The second-order valence-corrected chi connectivity index (χ2v) is 2.96. The van der Waals surface area contributed by atoms with E-state index in [9.17, 15) is 4.79 Å². The van der Waals surface area contributed by atoms with E-state index in [0.717, 1.165) is 5.56 Å². The van der Waals surface area contributed by atoms with E-state index in [1.165, 1.54) is 0 Å². The predicted octanol–water partition coefficient (Wildman–Crippen LogP) is 2.45. The number of carbonyl (C=O) groups excluding carboxylic acids is 1. The van der Waals surface area contributed by atoms with E-state index in [1.54, 1.807) is 12.1 Å². The summed E-state index contributed by atoms with van der Waals surface area (Å²) in [5.41, 5.74) is 1.24. The van der Waals surface area contributed by atoms with Crippen LogP contribution in [0.2, 0.25) is 0 Å². The zero-order chi connectivity index (χ0) is 12.0. The van der Waals surface area contributed by atoms with Gasteiger partial charge >= 0.3 is 0 Å². The molecular weight excluding hydrogens is 149 g/mol. The van der Waals surface area contributed by atoms with Crippen molar-refractivity contribution in [1.82, 2.24) is 0 Å². The summed E-state index contributed by atoms with van der Waals surface area (Å²) in [4.78, 5) is 12.0. The normalized spacial score (nSPS) is 34.2. The molecule has 0 heterocycles. The summed E-state index contributed by atoms with van der Waals surface area (Å²) < 4.78 is 29.9. The minimum atomic E-state index is -2.56. The van der Waals surface area contributed by atoms with Gasteiger partial charge in [-0.25, -0.2) is 0 Å². The Morgan fingerprint density at radius 3 is 3.25 bits per heavy atom. The van der Waals surface area contributed by atoms with Crippen LogP contribution in [0.5, 0.6) is 0 Å². The number of fused-ring (bicyclic) bond motifs is 1. The van der Waals surface area contributed by atoms with Gasteiger partial charge < -0.3 is 0 Å². The molecule has 0 radical (unpaired) electrons. The Bertz CT molecular complexity index is 438. The molecule has 62 valence electrons. The summed E-state index contributed by atoms with van der Waals surface area (Å²) in [5.74, 6) is -2.55. The van der Waals surface area contributed by atoms with E-state index in [2.05, 4.69) is 0 Å². The van der Waals surface area contributed by atoms with Crippen molar-refractivity contribution in [3.05, 3.63) is 35.4 Å². The summed E-state index contributed by atoms with van der Waals surface area (Å²) in [6.07, 6.45) is 0.545. The Kier molecular flexibility index (Phi) is 0.963. The third-order valence-corrected chi connectivity index (χ3v) is 2.18. The topological polar surface area (TPSA) is 17.1 Å². The highest BCUT2D eigenvalue weighted by Crippen LogP contribution is 2.24. The van der Waals surface area contributed by atoms with Crippen molar-refractivity contribution in [3.63, 3.8) is 0 Å². The molecule has 1 nitrogen and oxygen atoms in total. The van der Waals surface area contributed by atoms with E-state index in [0.29, 0.717) is 12.0 Å². The van der Waals surface area contributed by atoms with Gasteiger partial charge in [-0.05, 0) is 18.4 Å². The lowest BCUT2D eigenvalue weighted by Crippen LogP contribution is -2.19. The van der Waals surface area contributed by atoms with Gasteiger partial charge in [0.05, 0.1) is 0 Å². The number of carbonyl (C=O) groups is 1. The van der Waals surface area contributed by atoms with Crippen molar-refractivity contribution in [2.24, 2.45) is 5.89 Å². The molecule has 0 spiro atoms. The Labute approximate surface area is 78.0 Å². The summed E-state index contributed by atoms with van der Waals surface area (Å²) >= 11 is 0. The van der Waals surface area contributed by atoms with Crippen LogP contribution in [-0.4, -0.2) is 5.78 Å². The molecule has 0 saturated carbocycles. The highest BCUT2D eigenvalue weighted by atomic mass is 16.1. The fourth-order valence-electron chi connectivity index (χ4n) is 1.50. The summed E-state index contributed by atoms with van der Waals surface area (Å²) in [6, 6.07) is 6.93. The second-order valence-electron chi connectivity index (χ2n) is 2.96. The molecule has 2 rings (SSSR count). The maximum absolute atomic E-state index is 12.0. The quantitative estimate of drug-likeness (QED) is 0.540. The van der Waals surface area contributed by atoms with Crippen molar-refractivity contribution in [2.45, 2.75) is 19.7 Å². The fourth-order valence-corrected chi connectivity index (χ4v) is 1.50. The van der Waals surface area contributed by atoms with Crippen LogP contribution >= 0.6 is 0 Å². The number of aryl methyl sites for hydroxylation is 1. The first kappa shape index (κ1) is 4.22. The van der Waals surface area contributed by atoms with Gasteiger partial charge in [0, 0.05) is 16.9 Å². The van der Waals surface area contributed by atoms with Crippen LogP contribution < -0.4 is 0 Å². The Morgan fingerprint density at radius 2 is 2.42 bits per heavy atom. The zero-order valence-corrected chi connectivity index (χ0v) is 6.63. The molecule has 0 fully saturated rings. The standard InChI is InChI=1S/C11H12O/c1-8-6-7-9-4-2-3-5-10(9)11(8)12/h2-5,8H,6-7H2,1H3/i1+1D3,8D. The minimum absolute atomic E-state index is 0.0688. The zero-order valence-electron chi connectivity index (χ0n) is 10.6. The Balaban J connectivity index is 2.50. The smallest absolute Gasteiger partial charge is 0.165 e. The first-order chi connectivity index (χ1) is 7.36. The van der Waals surface area contributed by atoms with Crippen LogP contribution in [0.1, 0.15) is 34.7 Å².